The fraction of sp³-hybridized carbons (Fsp3) is 0.533. The predicted octanol–water partition coefficient (Wildman–Crippen LogP) is 4.00. The van der Waals surface area contributed by atoms with Crippen LogP contribution in [-0.2, 0) is 0 Å². The lowest BCUT2D eigenvalue weighted by Crippen LogP contribution is -2.37. The van der Waals surface area contributed by atoms with E-state index in [2.05, 4.69) is 0 Å². The van der Waals surface area contributed by atoms with E-state index < -0.39 is 4.92 Å². The maximum absolute atomic E-state index is 12.6. The summed E-state index contributed by atoms with van der Waals surface area (Å²) < 4.78 is 0. The summed E-state index contributed by atoms with van der Waals surface area (Å²) in [6, 6.07) is 4.18. The smallest absolute Gasteiger partial charge is 0.288 e. The maximum atomic E-state index is 12.6. The molecule has 1 rings (SSSR count). The summed E-state index contributed by atoms with van der Waals surface area (Å²) >= 11 is 5.78. The van der Waals surface area contributed by atoms with Gasteiger partial charge in [0.15, 0.2) is 0 Å². The van der Waals surface area contributed by atoms with E-state index in [1.54, 1.807) is 4.90 Å². The van der Waals surface area contributed by atoms with Crippen LogP contribution < -0.4 is 0 Å². The third-order valence-electron chi connectivity index (χ3n) is 2.85. The van der Waals surface area contributed by atoms with Gasteiger partial charge in [-0.05, 0) is 24.0 Å². The minimum absolute atomic E-state index is 0.0378. The second-order valence-corrected chi connectivity index (χ2v) is 6.33. The first-order valence-electron chi connectivity index (χ1n) is 6.95. The van der Waals surface area contributed by atoms with E-state index in [0.717, 1.165) is 0 Å². The Balaban J connectivity index is 3.08. The second-order valence-electron chi connectivity index (χ2n) is 5.92. The summed E-state index contributed by atoms with van der Waals surface area (Å²) in [5.41, 5.74) is 0.0592. The van der Waals surface area contributed by atoms with Crippen LogP contribution in [0.5, 0.6) is 0 Å². The number of nitrogens with zero attached hydrogens (tertiary/aromatic N) is 2. The summed E-state index contributed by atoms with van der Waals surface area (Å²) in [5, 5.41) is 11.0. The minimum atomic E-state index is -0.575. The molecule has 0 radical (unpaired) electrons. The summed E-state index contributed by atoms with van der Waals surface area (Å²) in [4.78, 5) is 24.6. The van der Waals surface area contributed by atoms with E-state index in [1.807, 2.05) is 27.7 Å². The summed E-state index contributed by atoms with van der Waals surface area (Å²) in [6.07, 6.45) is 0. The van der Waals surface area contributed by atoms with Crippen LogP contribution in [0.15, 0.2) is 18.2 Å². The molecule has 1 amide bonds. The average Bonchev–Trinajstić information content (AvgIpc) is 2.36. The number of benzene rings is 1. The Morgan fingerprint density at radius 2 is 1.76 bits per heavy atom. The molecule has 6 heteroatoms. The lowest BCUT2D eigenvalue weighted by molar-refractivity contribution is -0.384. The van der Waals surface area contributed by atoms with Crippen molar-refractivity contribution < 1.29 is 9.72 Å². The molecule has 0 aliphatic carbocycles. The molecule has 0 aliphatic rings. The molecule has 5 nitrogen and oxygen atoms in total. The van der Waals surface area contributed by atoms with Crippen molar-refractivity contribution in [2.24, 2.45) is 11.8 Å². The van der Waals surface area contributed by atoms with Gasteiger partial charge >= 0.3 is 0 Å². The van der Waals surface area contributed by atoms with Crippen LogP contribution in [0.1, 0.15) is 38.1 Å². The molecule has 1 aromatic rings. The molecule has 116 valence electrons. The van der Waals surface area contributed by atoms with Crippen LogP contribution >= 0.6 is 11.6 Å². The third kappa shape index (κ3) is 5.01. The Morgan fingerprint density at radius 3 is 2.19 bits per heavy atom. The van der Waals surface area contributed by atoms with E-state index in [9.17, 15) is 14.9 Å². The van der Waals surface area contributed by atoms with Crippen LogP contribution in [0.25, 0.3) is 0 Å². The number of hydrogen-bond donors (Lipinski definition) is 0. The molecule has 0 unspecified atom stereocenters. The van der Waals surface area contributed by atoms with Gasteiger partial charge in [-0.1, -0.05) is 39.3 Å². The topological polar surface area (TPSA) is 63.5 Å². The van der Waals surface area contributed by atoms with E-state index in [4.69, 9.17) is 11.6 Å². The Morgan fingerprint density at radius 1 is 1.24 bits per heavy atom. The number of hydrogen-bond acceptors (Lipinski definition) is 3. The highest BCUT2D eigenvalue weighted by Gasteiger charge is 2.21. The van der Waals surface area contributed by atoms with Crippen LogP contribution in [0.4, 0.5) is 5.69 Å². The van der Waals surface area contributed by atoms with E-state index in [0.29, 0.717) is 30.5 Å². The highest BCUT2D eigenvalue weighted by molar-refractivity contribution is 6.32. The predicted molar refractivity (Wildman–Crippen MR) is 83.7 cm³/mol. The normalized spacial score (nSPS) is 11.0. The summed E-state index contributed by atoms with van der Waals surface area (Å²) in [7, 11) is 0. The molecule has 0 spiro atoms. The van der Waals surface area contributed by atoms with Crippen molar-refractivity contribution in [2.45, 2.75) is 27.7 Å². The van der Waals surface area contributed by atoms with Gasteiger partial charge in [-0.2, -0.15) is 0 Å². The minimum Gasteiger partial charge on any atom is -0.338 e. The van der Waals surface area contributed by atoms with Crippen molar-refractivity contribution >= 4 is 23.2 Å². The SMILES string of the molecule is CC(C)CN(CC(C)C)C(=O)c1ccc(Cl)c([N+](=O)[O-])c1. The first-order chi connectivity index (χ1) is 9.72. The van der Waals surface area contributed by atoms with Gasteiger partial charge in [-0.15, -0.1) is 0 Å². The zero-order chi connectivity index (χ0) is 16.2. The van der Waals surface area contributed by atoms with Gasteiger partial charge < -0.3 is 4.90 Å². The number of nitro groups is 1. The van der Waals surface area contributed by atoms with Crippen molar-refractivity contribution in [2.75, 3.05) is 13.1 Å². The maximum Gasteiger partial charge on any atom is 0.288 e. The molecule has 0 bridgehead atoms. The molecule has 0 heterocycles. The van der Waals surface area contributed by atoms with Crippen molar-refractivity contribution in [3.63, 3.8) is 0 Å². The number of carbonyl (C=O) groups is 1. The zero-order valence-electron chi connectivity index (χ0n) is 12.8. The molecule has 0 aromatic heterocycles. The molecule has 0 N–H and O–H groups in total. The van der Waals surface area contributed by atoms with Gasteiger partial charge in [-0.3, -0.25) is 14.9 Å². The van der Waals surface area contributed by atoms with E-state index in [-0.39, 0.29) is 16.6 Å². The Kier molecular flexibility index (Phi) is 6.15. The summed E-state index contributed by atoms with van der Waals surface area (Å²) in [5.74, 6) is 0.460. The Labute approximate surface area is 130 Å². The molecule has 0 aliphatic heterocycles. The largest absolute Gasteiger partial charge is 0.338 e. The Hall–Kier alpha value is -1.62. The lowest BCUT2D eigenvalue weighted by atomic mass is 10.1. The van der Waals surface area contributed by atoms with Crippen molar-refractivity contribution in [3.05, 3.63) is 38.9 Å². The number of halogens is 1. The van der Waals surface area contributed by atoms with Gasteiger partial charge in [0.05, 0.1) is 4.92 Å². The lowest BCUT2D eigenvalue weighted by Gasteiger charge is -2.26. The molecule has 1 aromatic carbocycles. The summed E-state index contributed by atoms with van der Waals surface area (Å²) in [6.45, 7) is 9.37. The van der Waals surface area contributed by atoms with E-state index in [1.165, 1.54) is 18.2 Å². The third-order valence-corrected chi connectivity index (χ3v) is 3.17. The van der Waals surface area contributed by atoms with Crippen LogP contribution in [0.3, 0.4) is 0 Å². The fourth-order valence-corrected chi connectivity index (χ4v) is 2.28. The first-order valence-corrected chi connectivity index (χ1v) is 7.33. The molecular weight excluding hydrogens is 292 g/mol. The Bertz CT molecular complexity index is 520. The van der Waals surface area contributed by atoms with Gasteiger partial charge in [-0.25, -0.2) is 0 Å². The van der Waals surface area contributed by atoms with Gasteiger partial charge in [0.1, 0.15) is 5.02 Å². The van der Waals surface area contributed by atoms with Crippen LogP contribution in [0, 0.1) is 22.0 Å². The highest BCUT2D eigenvalue weighted by Crippen LogP contribution is 2.26. The second kappa shape index (κ2) is 7.41. The van der Waals surface area contributed by atoms with Gasteiger partial charge in [0.25, 0.3) is 11.6 Å². The highest BCUT2D eigenvalue weighted by atomic mass is 35.5. The van der Waals surface area contributed by atoms with Crippen molar-refractivity contribution in [1.29, 1.82) is 0 Å². The van der Waals surface area contributed by atoms with E-state index >= 15 is 0 Å². The molecule has 0 saturated heterocycles. The monoisotopic (exact) mass is 312 g/mol. The van der Waals surface area contributed by atoms with Crippen molar-refractivity contribution in [3.8, 4) is 0 Å². The van der Waals surface area contributed by atoms with Crippen LogP contribution in [-0.4, -0.2) is 28.8 Å². The quantitative estimate of drug-likeness (QED) is 0.589. The molecule has 21 heavy (non-hydrogen) atoms. The van der Waals surface area contributed by atoms with Crippen LogP contribution in [0.2, 0.25) is 5.02 Å². The average molecular weight is 313 g/mol. The fourth-order valence-electron chi connectivity index (χ4n) is 2.09. The standard InChI is InChI=1S/C15H21ClN2O3/c1-10(2)8-17(9-11(3)4)15(19)12-5-6-13(16)14(7-12)18(20)21/h5-7,10-11H,8-9H2,1-4H3. The molecule has 0 atom stereocenters. The molecule has 0 fully saturated rings. The number of nitro benzene ring substituents is 1. The zero-order valence-corrected chi connectivity index (χ0v) is 13.6. The van der Waals surface area contributed by atoms with Crippen molar-refractivity contribution in [1.82, 2.24) is 4.90 Å². The number of rotatable bonds is 6. The van der Waals surface area contributed by atoms with Gasteiger partial charge in [0, 0.05) is 24.7 Å². The molecular formula is C15H21ClN2O3. The molecule has 0 saturated carbocycles. The number of amides is 1. The van der Waals surface area contributed by atoms with Gasteiger partial charge in [0.2, 0.25) is 0 Å². The number of carbonyl (C=O) groups excluding carboxylic acids is 1. The first kappa shape index (κ1) is 17.4.